The first kappa shape index (κ1) is 20.0. The molecule has 0 aliphatic heterocycles. The maximum Gasteiger partial charge on any atom is 0.339 e. The number of amides is 2. The highest BCUT2D eigenvalue weighted by atomic mass is 16.5. The number of hydrogen-bond acceptors (Lipinski definition) is 5. The fourth-order valence-electron chi connectivity index (χ4n) is 2.42. The van der Waals surface area contributed by atoms with Gasteiger partial charge in [0.25, 0.3) is 0 Å². The van der Waals surface area contributed by atoms with Gasteiger partial charge in [-0.25, -0.2) is 4.79 Å². The molecule has 2 aromatic rings. The fourth-order valence-corrected chi connectivity index (χ4v) is 2.42. The van der Waals surface area contributed by atoms with Gasteiger partial charge >= 0.3 is 5.97 Å². The number of carbonyl (C=O) groups excluding carboxylic acids is 3. The summed E-state index contributed by atoms with van der Waals surface area (Å²) in [5, 5.41) is 5.27. The van der Waals surface area contributed by atoms with E-state index < -0.39 is 17.8 Å². The summed E-state index contributed by atoms with van der Waals surface area (Å²) in [6.45, 7) is 0.414. The van der Waals surface area contributed by atoms with E-state index in [1.807, 2.05) is 24.3 Å². The van der Waals surface area contributed by atoms with Gasteiger partial charge in [0.1, 0.15) is 12.2 Å². The number of hydrogen-bond donors (Lipinski definition) is 2. The van der Waals surface area contributed by atoms with E-state index in [1.165, 1.54) is 13.2 Å². The average molecular weight is 370 g/mol. The van der Waals surface area contributed by atoms with E-state index in [9.17, 15) is 14.4 Å². The molecule has 0 atom stereocenters. The standard InChI is InChI=1S/C20H22N2O5/c1-26-15-9-7-14(8-10-15)11-12-21-18(23)13-19(24)22-17-6-4-3-5-16(17)20(25)27-2/h3-10H,11-13H2,1-2H3,(H,21,23)(H,22,24). The molecule has 0 heterocycles. The van der Waals surface area contributed by atoms with Crippen molar-refractivity contribution in [1.29, 1.82) is 0 Å². The zero-order valence-electron chi connectivity index (χ0n) is 15.3. The number of nitrogens with one attached hydrogen (secondary N) is 2. The fraction of sp³-hybridized carbons (Fsp3) is 0.250. The molecule has 0 aromatic heterocycles. The highest BCUT2D eigenvalue weighted by Crippen LogP contribution is 2.16. The Labute approximate surface area is 157 Å². The van der Waals surface area contributed by atoms with Gasteiger partial charge in [-0.2, -0.15) is 0 Å². The van der Waals surface area contributed by atoms with E-state index in [-0.39, 0.29) is 12.0 Å². The number of benzene rings is 2. The Morgan fingerprint density at radius 2 is 1.63 bits per heavy atom. The summed E-state index contributed by atoms with van der Waals surface area (Å²) >= 11 is 0. The van der Waals surface area contributed by atoms with Crippen molar-refractivity contribution in [2.75, 3.05) is 26.1 Å². The Morgan fingerprint density at radius 3 is 2.30 bits per heavy atom. The summed E-state index contributed by atoms with van der Waals surface area (Å²) < 4.78 is 9.76. The summed E-state index contributed by atoms with van der Waals surface area (Å²) in [5.74, 6) is -0.689. The van der Waals surface area contributed by atoms with Gasteiger partial charge in [-0.1, -0.05) is 24.3 Å². The second kappa shape index (κ2) is 9.96. The quantitative estimate of drug-likeness (QED) is 0.549. The van der Waals surface area contributed by atoms with Crippen LogP contribution in [0.1, 0.15) is 22.3 Å². The second-order valence-corrected chi connectivity index (χ2v) is 5.71. The Morgan fingerprint density at radius 1 is 0.926 bits per heavy atom. The average Bonchev–Trinajstić information content (AvgIpc) is 2.68. The topological polar surface area (TPSA) is 93.7 Å². The predicted molar refractivity (Wildman–Crippen MR) is 101 cm³/mol. The van der Waals surface area contributed by atoms with Crippen molar-refractivity contribution in [3.05, 3.63) is 59.7 Å². The molecule has 2 N–H and O–H groups in total. The van der Waals surface area contributed by atoms with Gasteiger partial charge in [-0.05, 0) is 36.2 Å². The van der Waals surface area contributed by atoms with Crippen molar-refractivity contribution in [2.45, 2.75) is 12.8 Å². The monoisotopic (exact) mass is 370 g/mol. The Balaban J connectivity index is 1.80. The lowest BCUT2D eigenvalue weighted by Crippen LogP contribution is -2.30. The van der Waals surface area contributed by atoms with Gasteiger partial charge < -0.3 is 20.1 Å². The molecule has 0 unspecified atom stereocenters. The molecule has 0 radical (unpaired) electrons. The van der Waals surface area contributed by atoms with Crippen LogP contribution in [0.3, 0.4) is 0 Å². The number of para-hydroxylation sites is 1. The molecule has 2 aromatic carbocycles. The maximum atomic E-state index is 12.1. The number of esters is 1. The molecule has 0 aliphatic rings. The lowest BCUT2D eigenvalue weighted by Gasteiger charge is -2.10. The maximum absolute atomic E-state index is 12.1. The summed E-state index contributed by atoms with van der Waals surface area (Å²) in [6.07, 6.45) is 0.306. The Kier molecular flexibility index (Phi) is 7.37. The normalized spacial score (nSPS) is 10.0. The minimum absolute atomic E-state index is 0.230. The molecule has 7 nitrogen and oxygen atoms in total. The van der Waals surface area contributed by atoms with Crippen LogP contribution in [0.2, 0.25) is 0 Å². The van der Waals surface area contributed by atoms with Crippen LogP contribution >= 0.6 is 0 Å². The number of carbonyl (C=O) groups is 3. The SMILES string of the molecule is COC(=O)c1ccccc1NC(=O)CC(=O)NCCc1ccc(OC)cc1. The van der Waals surface area contributed by atoms with Crippen molar-refractivity contribution in [3.63, 3.8) is 0 Å². The lowest BCUT2D eigenvalue weighted by molar-refractivity contribution is -0.126. The number of rotatable bonds is 8. The van der Waals surface area contributed by atoms with Crippen molar-refractivity contribution in [1.82, 2.24) is 5.32 Å². The van der Waals surface area contributed by atoms with Crippen LogP contribution in [0.15, 0.2) is 48.5 Å². The van der Waals surface area contributed by atoms with Gasteiger partial charge in [0.15, 0.2) is 0 Å². The first-order chi connectivity index (χ1) is 13.0. The third-order valence-corrected chi connectivity index (χ3v) is 3.82. The largest absolute Gasteiger partial charge is 0.497 e. The summed E-state index contributed by atoms with van der Waals surface area (Å²) in [5.41, 5.74) is 1.58. The molecule has 0 bridgehead atoms. The molecule has 2 rings (SSSR count). The first-order valence-corrected chi connectivity index (χ1v) is 8.40. The number of anilines is 1. The van der Waals surface area contributed by atoms with Crippen LogP contribution < -0.4 is 15.4 Å². The molecule has 0 spiro atoms. The highest BCUT2D eigenvalue weighted by molar-refractivity contribution is 6.06. The van der Waals surface area contributed by atoms with E-state index >= 15 is 0 Å². The summed E-state index contributed by atoms with van der Waals surface area (Å²) in [4.78, 5) is 35.7. The smallest absolute Gasteiger partial charge is 0.339 e. The molecule has 142 valence electrons. The molecule has 0 fully saturated rings. The van der Waals surface area contributed by atoms with Crippen molar-refractivity contribution >= 4 is 23.5 Å². The molecular formula is C20H22N2O5. The molecule has 0 saturated heterocycles. The zero-order chi connectivity index (χ0) is 19.6. The molecule has 27 heavy (non-hydrogen) atoms. The van der Waals surface area contributed by atoms with E-state index in [0.717, 1.165) is 11.3 Å². The van der Waals surface area contributed by atoms with Gasteiger partial charge in [0.05, 0.1) is 25.5 Å². The molecule has 2 amide bonds. The Bertz CT molecular complexity index is 802. The summed E-state index contributed by atoms with van der Waals surface area (Å²) in [7, 11) is 2.86. The van der Waals surface area contributed by atoms with E-state index in [0.29, 0.717) is 18.7 Å². The van der Waals surface area contributed by atoms with E-state index in [2.05, 4.69) is 15.4 Å². The van der Waals surface area contributed by atoms with Gasteiger partial charge in [-0.15, -0.1) is 0 Å². The molecular weight excluding hydrogens is 348 g/mol. The van der Waals surface area contributed by atoms with Gasteiger partial charge in [0.2, 0.25) is 11.8 Å². The van der Waals surface area contributed by atoms with Crippen LogP contribution in [0.5, 0.6) is 5.75 Å². The summed E-state index contributed by atoms with van der Waals surface area (Å²) in [6, 6.07) is 14.0. The van der Waals surface area contributed by atoms with Crippen LogP contribution in [0.25, 0.3) is 0 Å². The third kappa shape index (κ3) is 6.14. The number of methoxy groups -OCH3 is 2. The van der Waals surface area contributed by atoms with Gasteiger partial charge in [-0.3, -0.25) is 9.59 Å². The molecule has 0 aliphatic carbocycles. The van der Waals surface area contributed by atoms with Crippen molar-refractivity contribution in [3.8, 4) is 5.75 Å². The third-order valence-electron chi connectivity index (χ3n) is 3.82. The molecule has 0 saturated carbocycles. The minimum Gasteiger partial charge on any atom is -0.497 e. The highest BCUT2D eigenvalue weighted by Gasteiger charge is 2.15. The van der Waals surface area contributed by atoms with Crippen molar-refractivity contribution in [2.24, 2.45) is 0 Å². The zero-order valence-corrected chi connectivity index (χ0v) is 15.3. The number of ether oxygens (including phenoxy) is 2. The lowest BCUT2D eigenvalue weighted by atomic mass is 10.1. The van der Waals surface area contributed by atoms with E-state index in [4.69, 9.17) is 4.74 Å². The Hall–Kier alpha value is -3.35. The predicted octanol–water partition coefficient (Wildman–Crippen LogP) is 2.17. The van der Waals surface area contributed by atoms with Crippen LogP contribution in [-0.4, -0.2) is 38.5 Å². The van der Waals surface area contributed by atoms with Crippen molar-refractivity contribution < 1.29 is 23.9 Å². The van der Waals surface area contributed by atoms with Crippen LogP contribution in [0, 0.1) is 0 Å². The van der Waals surface area contributed by atoms with Crippen LogP contribution in [0.4, 0.5) is 5.69 Å². The van der Waals surface area contributed by atoms with E-state index in [1.54, 1.807) is 25.3 Å². The molecule has 7 heteroatoms. The second-order valence-electron chi connectivity index (χ2n) is 5.71. The first-order valence-electron chi connectivity index (χ1n) is 8.40. The minimum atomic E-state index is -0.560. The van der Waals surface area contributed by atoms with Gasteiger partial charge in [0, 0.05) is 6.54 Å². The van der Waals surface area contributed by atoms with Crippen LogP contribution in [-0.2, 0) is 20.7 Å².